The van der Waals surface area contributed by atoms with Gasteiger partial charge in [0, 0.05) is 6.20 Å². The fourth-order valence-corrected chi connectivity index (χ4v) is 6.03. The number of ether oxygens (including phenoxy) is 2. The minimum absolute atomic E-state index is 0.572. The van der Waals surface area contributed by atoms with Gasteiger partial charge < -0.3 is 0 Å². The first-order valence-electron chi connectivity index (χ1n) is 12.8. The van der Waals surface area contributed by atoms with Crippen LogP contribution < -0.4 is 9.47 Å². The Hall–Kier alpha value is -4.67. The van der Waals surface area contributed by atoms with E-state index >= 15 is 0 Å². The maximum atomic E-state index is 6.40. The first kappa shape index (κ1) is 23.2. The summed E-state index contributed by atoms with van der Waals surface area (Å²) < 4.78 is 20.2. The molecule has 196 valence electrons. The fraction of sp³-hybridized carbons (Fsp3) is 0.0303. The van der Waals surface area contributed by atoms with Crippen molar-refractivity contribution in [1.29, 1.82) is 0 Å². The van der Waals surface area contributed by atoms with Crippen LogP contribution in [0.2, 0.25) is 0 Å². The molecule has 3 aromatic heterocycles. The van der Waals surface area contributed by atoms with E-state index in [1.165, 1.54) is 0 Å². The number of benzene rings is 4. The average Bonchev–Trinajstić information content (AvgIpc) is 3.42. The second-order valence-electron chi connectivity index (χ2n) is 9.56. The van der Waals surface area contributed by atoms with E-state index in [0.717, 1.165) is 54.1 Å². The van der Waals surface area contributed by atoms with E-state index in [0.29, 0.717) is 17.2 Å². The molecule has 40 heavy (non-hydrogen) atoms. The summed E-state index contributed by atoms with van der Waals surface area (Å²) in [6.45, 7) is 0. The zero-order chi connectivity index (χ0) is 26.8. The summed E-state index contributed by atoms with van der Waals surface area (Å²) in [5.74, 6) is 3.51. The second kappa shape index (κ2) is 8.93. The molecule has 0 radical (unpaired) electrons. The number of rotatable bonds is 3. The first-order chi connectivity index (χ1) is 19.7. The van der Waals surface area contributed by atoms with Crippen molar-refractivity contribution >= 4 is 21.8 Å². The molecule has 0 saturated heterocycles. The molecule has 1 aliphatic rings. The summed E-state index contributed by atoms with van der Waals surface area (Å²) in [6, 6.07) is 37.2. The van der Waals surface area contributed by atoms with E-state index in [1.807, 2.05) is 67.7 Å². The number of nitrogens with zero attached hydrogens (tertiary/aromatic N) is 4. The van der Waals surface area contributed by atoms with E-state index in [2.05, 4.69) is 86.7 Å². The van der Waals surface area contributed by atoms with Gasteiger partial charge in [0.15, 0.2) is 0 Å². The van der Waals surface area contributed by atoms with Gasteiger partial charge in [0.25, 0.3) is 0 Å². The third kappa shape index (κ3) is 3.53. The van der Waals surface area contributed by atoms with E-state index in [9.17, 15) is 0 Å². The van der Waals surface area contributed by atoms with E-state index in [1.54, 1.807) is 6.20 Å². The molecule has 0 saturated carbocycles. The second-order valence-corrected chi connectivity index (χ2v) is 10.6. The number of aryl methyl sites for hydroxylation is 1. The molecule has 0 N–H and O–H groups in total. The van der Waals surface area contributed by atoms with Crippen molar-refractivity contribution in [1.82, 2.24) is 18.7 Å². The number of pyridine rings is 1. The zero-order valence-corrected chi connectivity index (χ0v) is 23.5. The monoisotopic (exact) mass is 699 g/mol. The van der Waals surface area contributed by atoms with Crippen LogP contribution in [0.1, 0.15) is 0 Å². The summed E-state index contributed by atoms with van der Waals surface area (Å²) in [4.78, 5) is 4.62. The molecule has 0 fully saturated rings. The molecule has 8 rings (SSSR count). The third-order valence-corrected chi connectivity index (χ3v) is 8.43. The molecule has 4 heterocycles. The van der Waals surface area contributed by atoms with Gasteiger partial charge in [0.1, 0.15) is 0 Å². The first-order valence-corrected chi connectivity index (χ1v) is 13.9. The number of imidazole rings is 1. The molecule has 1 aliphatic heterocycles. The number of para-hydroxylation sites is 2. The van der Waals surface area contributed by atoms with Gasteiger partial charge >= 0.3 is 211 Å². The molecule has 0 spiro atoms. The van der Waals surface area contributed by atoms with Gasteiger partial charge in [-0.15, -0.1) is 0 Å². The van der Waals surface area contributed by atoms with Gasteiger partial charge in [-0.3, -0.25) is 0 Å². The van der Waals surface area contributed by atoms with Gasteiger partial charge in [-0.05, 0) is 6.07 Å². The Kier molecular flexibility index (Phi) is 5.19. The Bertz CT molecular complexity index is 2160. The van der Waals surface area contributed by atoms with Gasteiger partial charge in [-0.25, -0.2) is 0 Å². The number of hydrogen-bond donors (Lipinski definition) is 0. The van der Waals surface area contributed by atoms with Crippen LogP contribution in [0.25, 0.3) is 44.6 Å². The Labute approximate surface area is 240 Å². The van der Waals surface area contributed by atoms with E-state index in [-0.39, 0.29) is 0 Å². The molecule has 6 nitrogen and oxygen atoms in total. The molecule has 7 heteroatoms. The third-order valence-electron chi connectivity index (χ3n) is 7.12. The SMILES string of the molecule is Cn1cc2n([c]1=[Pt])-c1[c-]c(Oc3[c-]c4c(cc3)c3ccccc3n4-c3ccccn3)ccc1Oc1ccccc1-2. The summed E-state index contributed by atoms with van der Waals surface area (Å²) in [5, 5.41) is 2.23. The predicted molar refractivity (Wildman–Crippen MR) is 150 cm³/mol. The molecule has 0 atom stereocenters. The van der Waals surface area contributed by atoms with E-state index < -0.39 is 0 Å². The molecule has 0 unspecified atom stereocenters. The van der Waals surface area contributed by atoms with Gasteiger partial charge in [-0.1, -0.05) is 18.2 Å². The van der Waals surface area contributed by atoms with Crippen LogP contribution in [0.4, 0.5) is 0 Å². The molecule has 0 bridgehead atoms. The summed E-state index contributed by atoms with van der Waals surface area (Å²) in [5.41, 5.74) is 4.82. The van der Waals surface area contributed by atoms with Crippen molar-refractivity contribution in [3.05, 3.63) is 119 Å². The van der Waals surface area contributed by atoms with Crippen LogP contribution in [0.3, 0.4) is 0 Å². The topological polar surface area (TPSA) is 46.1 Å². The number of aromatic nitrogens is 4. The van der Waals surface area contributed by atoms with E-state index in [4.69, 9.17) is 9.47 Å². The van der Waals surface area contributed by atoms with Crippen LogP contribution in [-0.4, -0.2) is 18.7 Å². The van der Waals surface area contributed by atoms with Crippen molar-refractivity contribution in [2.24, 2.45) is 7.05 Å². The van der Waals surface area contributed by atoms with Crippen molar-refractivity contribution in [2.45, 2.75) is 0 Å². The van der Waals surface area contributed by atoms with Gasteiger partial charge in [0.05, 0.1) is 0 Å². The molecule has 0 aliphatic carbocycles. The normalized spacial score (nSPS) is 12.0. The molecule has 7 aromatic rings. The van der Waals surface area contributed by atoms with Crippen molar-refractivity contribution in [2.75, 3.05) is 0 Å². The molecular weight excluding hydrogens is 679 g/mol. The molecule has 0 amide bonds. The Morgan fingerprint density at radius 2 is 1.57 bits per heavy atom. The van der Waals surface area contributed by atoms with Crippen LogP contribution >= 0.6 is 0 Å². The summed E-state index contributed by atoms with van der Waals surface area (Å²) in [6.07, 6.45) is 3.91. The van der Waals surface area contributed by atoms with Crippen LogP contribution in [0, 0.1) is 15.9 Å². The minimum atomic E-state index is 0.572. The van der Waals surface area contributed by atoms with Crippen LogP contribution in [0.15, 0.2) is 103 Å². The number of fused-ring (bicyclic) bond motifs is 8. The van der Waals surface area contributed by atoms with Gasteiger partial charge in [0.2, 0.25) is 0 Å². The maximum absolute atomic E-state index is 6.40. The van der Waals surface area contributed by atoms with Crippen molar-refractivity contribution in [3.8, 4) is 45.8 Å². The Morgan fingerprint density at radius 1 is 0.775 bits per heavy atom. The average molecular weight is 700 g/mol. The Balaban J connectivity index is 1.26. The summed E-state index contributed by atoms with van der Waals surface area (Å²) in [7, 11) is 2.04. The van der Waals surface area contributed by atoms with Gasteiger partial charge in [-0.2, -0.15) is 0 Å². The Morgan fingerprint density at radius 3 is 2.48 bits per heavy atom. The predicted octanol–water partition coefficient (Wildman–Crippen LogP) is 7.55. The zero-order valence-electron chi connectivity index (χ0n) is 21.2. The van der Waals surface area contributed by atoms with Crippen molar-refractivity contribution in [3.63, 3.8) is 0 Å². The fourth-order valence-electron chi connectivity index (χ4n) is 5.36. The van der Waals surface area contributed by atoms with Crippen molar-refractivity contribution < 1.29 is 28.8 Å². The molecule has 4 aromatic carbocycles. The standard InChI is InChI=1S/C33H20N4O2.Pt/c1-35-20-30-26-9-3-5-11-31(26)39-32-16-14-23(19-29(32)36(30)21-35)38-22-13-15-25-24-8-2-4-10-27(24)37(28(25)18-22)33-12-6-7-17-34-33;/h2-17,20H,1H3;/q-2;. The summed E-state index contributed by atoms with van der Waals surface area (Å²) >= 11 is 2.33. The van der Waals surface area contributed by atoms with Crippen LogP contribution in [-0.2, 0) is 26.4 Å². The number of hydrogen-bond acceptors (Lipinski definition) is 3. The van der Waals surface area contributed by atoms with Crippen LogP contribution in [0.5, 0.6) is 23.0 Å². The molecular formula is C33H20N4O2Pt-2. The quantitative estimate of drug-likeness (QED) is 0.179.